The zero-order valence-electron chi connectivity index (χ0n) is 15.7. The number of hydrogen-bond acceptors (Lipinski definition) is 6. The van der Waals surface area contributed by atoms with Crippen LogP contribution in [0.25, 0.3) is 0 Å². The maximum atomic E-state index is 13.6. The molecule has 9 nitrogen and oxygen atoms in total. The number of nitrogens with two attached hydrogens (primary N) is 1. The number of sulfone groups is 1. The number of hydrazine groups is 1. The first kappa shape index (κ1) is 21.9. The molecule has 0 spiro atoms. The van der Waals surface area contributed by atoms with Crippen LogP contribution < -0.4 is 16.2 Å². The molecular weight excluding hydrogens is 437 g/mol. The van der Waals surface area contributed by atoms with Crippen molar-refractivity contribution in [2.24, 2.45) is 5.84 Å². The van der Waals surface area contributed by atoms with Gasteiger partial charge < -0.3 is 4.90 Å². The first-order valence-electron chi connectivity index (χ1n) is 8.88. The molecule has 30 heavy (non-hydrogen) atoms. The van der Waals surface area contributed by atoms with E-state index < -0.39 is 27.6 Å². The molecule has 0 bridgehead atoms. The van der Waals surface area contributed by atoms with Crippen LogP contribution in [0, 0.1) is 5.82 Å². The average Bonchev–Trinajstić information content (AvgIpc) is 2.73. The van der Waals surface area contributed by atoms with Crippen molar-refractivity contribution in [1.29, 1.82) is 0 Å². The Morgan fingerprint density at radius 1 is 1.23 bits per heavy atom. The number of pyridine rings is 1. The van der Waals surface area contributed by atoms with Crippen molar-refractivity contribution in [3.8, 4) is 0 Å². The summed E-state index contributed by atoms with van der Waals surface area (Å²) in [5.74, 6) is 3.70. The summed E-state index contributed by atoms with van der Waals surface area (Å²) < 4.78 is 37.0. The quantitative estimate of drug-likeness (QED) is 0.407. The number of nitrogens with zero attached hydrogens (tertiary/aromatic N) is 3. The molecule has 0 unspecified atom stereocenters. The van der Waals surface area contributed by atoms with E-state index in [0.717, 1.165) is 6.07 Å². The molecule has 3 N–H and O–H groups in total. The van der Waals surface area contributed by atoms with Crippen LogP contribution in [0.1, 0.15) is 16.1 Å². The van der Waals surface area contributed by atoms with Gasteiger partial charge in [-0.3, -0.25) is 20.1 Å². The summed E-state index contributed by atoms with van der Waals surface area (Å²) in [6, 6.07) is 6.44. The zero-order chi connectivity index (χ0) is 21.9. The first-order chi connectivity index (χ1) is 14.2. The summed E-state index contributed by atoms with van der Waals surface area (Å²) in [4.78, 5) is 31.6. The van der Waals surface area contributed by atoms with Crippen LogP contribution in [-0.2, 0) is 16.4 Å². The maximum Gasteiger partial charge on any atom is 0.324 e. The molecule has 12 heteroatoms. The molecule has 0 atom stereocenters. The van der Waals surface area contributed by atoms with Gasteiger partial charge in [-0.15, -0.1) is 0 Å². The van der Waals surface area contributed by atoms with E-state index in [9.17, 15) is 22.4 Å². The predicted molar refractivity (Wildman–Crippen MR) is 109 cm³/mol. The van der Waals surface area contributed by atoms with E-state index in [1.165, 1.54) is 34.2 Å². The highest BCUT2D eigenvalue weighted by molar-refractivity contribution is 7.91. The van der Waals surface area contributed by atoms with E-state index in [1.54, 1.807) is 6.07 Å². The second-order valence-electron chi connectivity index (χ2n) is 6.62. The fourth-order valence-corrected chi connectivity index (χ4v) is 4.27. The van der Waals surface area contributed by atoms with E-state index in [-0.39, 0.29) is 41.7 Å². The number of halogens is 2. The van der Waals surface area contributed by atoms with Crippen LogP contribution >= 0.6 is 11.6 Å². The number of anilines is 1. The molecule has 1 aromatic heterocycles. The lowest BCUT2D eigenvalue weighted by atomic mass is 10.2. The largest absolute Gasteiger partial charge is 0.324 e. The number of benzene rings is 1. The van der Waals surface area contributed by atoms with Gasteiger partial charge in [0.1, 0.15) is 5.82 Å². The van der Waals surface area contributed by atoms with Crippen LogP contribution in [0.2, 0.25) is 5.02 Å². The second kappa shape index (κ2) is 8.94. The first-order valence-corrected chi connectivity index (χ1v) is 11.1. The predicted octanol–water partition coefficient (Wildman–Crippen LogP) is 1.33. The molecule has 0 saturated carbocycles. The topological polar surface area (TPSA) is 126 Å². The lowest BCUT2D eigenvalue weighted by molar-refractivity contribution is 0.0953. The van der Waals surface area contributed by atoms with E-state index in [2.05, 4.69) is 4.98 Å². The Morgan fingerprint density at radius 3 is 2.50 bits per heavy atom. The fraction of sp³-hybridized carbons (Fsp3) is 0.278. The van der Waals surface area contributed by atoms with E-state index >= 15 is 0 Å². The van der Waals surface area contributed by atoms with Crippen molar-refractivity contribution in [2.75, 3.05) is 29.5 Å². The molecule has 1 aliphatic rings. The van der Waals surface area contributed by atoms with Crippen molar-refractivity contribution >= 4 is 39.1 Å². The lowest BCUT2D eigenvalue weighted by Crippen LogP contribution is -2.49. The number of aromatic nitrogens is 1. The number of nitrogens with one attached hydrogen (secondary N) is 1. The van der Waals surface area contributed by atoms with Gasteiger partial charge in [0, 0.05) is 25.0 Å². The Morgan fingerprint density at radius 2 is 1.93 bits per heavy atom. The Balaban J connectivity index is 1.88. The highest BCUT2D eigenvalue weighted by Crippen LogP contribution is 2.25. The van der Waals surface area contributed by atoms with Crippen LogP contribution in [0.15, 0.2) is 36.5 Å². The molecule has 160 valence electrons. The van der Waals surface area contributed by atoms with Gasteiger partial charge in [-0.25, -0.2) is 23.4 Å². The molecule has 3 rings (SSSR count). The summed E-state index contributed by atoms with van der Waals surface area (Å²) in [5.41, 5.74) is 3.01. The highest BCUT2D eigenvalue weighted by Gasteiger charge is 2.29. The van der Waals surface area contributed by atoms with Crippen LogP contribution in [0.4, 0.5) is 14.9 Å². The van der Waals surface area contributed by atoms with Crippen molar-refractivity contribution in [1.82, 2.24) is 15.3 Å². The van der Waals surface area contributed by atoms with Gasteiger partial charge in [-0.1, -0.05) is 11.6 Å². The van der Waals surface area contributed by atoms with Crippen molar-refractivity contribution in [2.45, 2.75) is 6.54 Å². The number of nitrogen functional groups attached to an aromatic ring is 1. The lowest BCUT2D eigenvalue weighted by Gasteiger charge is -2.33. The molecule has 1 aliphatic heterocycles. The van der Waals surface area contributed by atoms with Crippen LogP contribution in [0.5, 0.6) is 0 Å². The minimum absolute atomic E-state index is 0.00539. The van der Waals surface area contributed by atoms with Gasteiger partial charge in [0.15, 0.2) is 9.84 Å². The van der Waals surface area contributed by atoms with E-state index in [0.29, 0.717) is 11.4 Å². The Kier molecular flexibility index (Phi) is 6.54. The summed E-state index contributed by atoms with van der Waals surface area (Å²) in [5, 5.41) is -0.158. The normalized spacial score (nSPS) is 15.5. The third-order valence-corrected chi connectivity index (χ3v) is 6.50. The van der Waals surface area contributed by atoms with Crippen LogP contribution in [-0.4, -0.2) is 54.8 Å². The van der Waals surface area contributed by atoms with Crippen molar-refractivity contribution in [3.05, 3.63) is 58.6 Å². The van der Waals surface area contributed by atoms with Crippen molar-refractivity contribution < 1.29 is 22.4 Å². The molecule has 1 fully saturated rings. The summed E-state index contributed by atoms with van der Waals surface area (Å²) in [6.07, 6.45) is 1.31. The van der Waals surface area contributed by atoms with Gasteiger partial charge in [0.2, 0.25) is 0 Å². The number of amides is 3. The summed E-state index contributed by atoms with van der Waals surface area (Å²) in [6.45, 7) is 0.0971. The monoisotopic (exact) mass is 455 g/mol. The minimum Gasteiger partial charge on any atom is -0.322 e. The zero-order valence-corrected chi connectivity index (χ0v) is 17.3. The molecular formula is C18H19ClFN5O4S. The Bertz CT molecular complexity index is 1050. The fourth-order valence-electron chi connectivity index (χ4n) is 2.89. The standard InChI is InChI=1S/C18H19ClFN5O4S/c19-15-9-14(3-4-16(15)20)25(18(27)24-5-7-30(28,29)8-6-24)11-13-2-1-12(10-22-13)17(26)23-21/h1-4,9-10H,5-8,11,21H2,(H,23,26). The molecule has 3 amide bonds. The molecule has 1 aromatic carbocycles. The third kappa shape index (κ3) is 5.04. The third-order valence-electron chi connectivity index (χ3n) is 4.60. The number of carbonyl (C=O) groups excluding carboxylic acids is 2. The second-order valence-corrected chi connectivity index (χ2v) is 9.33. The number of carbonyl (C=O) groups is 2. The van der Waals surface area contributed by atoms with E-state index in [1.807, 2.05) is 5.43 Å². The minimum atomic E-state index is -3.17. The smallest absolute Gasteiger partial charge is 0.322 e. The number of hydrogen-bond donors (Lipinski definition) is 2. The molecule has 0 radical (unpaired) electrons. The molecule has 1 saturated heterocycles. The molecule has 0 aliphatic carbocycles. The van der Waals surface area contributed by atoms with Crippen LogP contribution in [0.3, 0.4) is 0 Å². The van der Waals surface area contributed by atoms with Gasteiger partial charge in [-0.05, 0) is 30.3 Å². The number of urea groups is 1. The van der Waals surface area contributed by atoms with Gasteiger partial charge in [0.05, 0.1) is 34.3 Å². The SMILES string of the molecule is NNC(=O)c1ccc(CN(C(=O)N2CCS(=O)(=O)CC2)c2ccc(F)c(Cl)c2)nc1. The highest BCUT2D eigenvalue weighted by atomic mass is 35.5. The van der Waals surface area contributed by atoms with Gasteiger partial charge in [-0.2, -0.15) is 0 Å². The maximum absolute atomic E-state index is 13.6. The summed E-state index contributed by atoms with van der Waals surface area (Å²) in [7, 11) is -3.17. The Labute approximate surface area is 177 Å². The van der Waals surface area contributed by atoms with E-state index in [4.69, 9.17) is 17.4 Å². The Hall–Kier alpha value is -2.76. The van der Waals surface area contributed by atoms with Gasteiger partial charge in [0.25, 0.3) is 5.91 Å². The summed E-state index contributed by atoms with van der Waals surface area (Å²) >= 11 is 5.88. The average molecular weight is 456 g/mol. The number of rotatable bonds is 4. The van der Waals surface area contributed by atoms with Gasteiger partial charge >= 0.3 is 6.03 Å². The van der Waals surface area contributed by atoms with Crippen molar-refractivity contribution in [3.63, 3.8) is 0 Å². The molecule has 2 aromatic rings. The molecule has 2 heterocycles.